The van der Waals surface area contributed by atoms with Gasteiger partial charge < -0.3 is 10.6 Å². The number of hydrogen-bond donors (Lipinski definition) is 2. The molecule has 1 aromatic heterocycles. The van der Waals surface area contributed by atoms with Crippen molar-refractivity contribution in [2.75, 3.05) is 12.4 Å². The summed E-state index contributed by atoms with van der Waals surface area (Å²) in [6, 6.07) is -0.490. The Morgan fingerprint density at radius 2 is 2.28 bits per heavy atom. The quantitative estimate of drug-likeness (QED) is 0.833. The van der Waals surface area contributed by atoms with Gasteiger partial charge >= 0.3 is 0 Å². The van der Waals surface area contributed by atoms with Gasteiger partial charge in [-0.3, -0.25) is 9.59 Å². The minimum atomic E-state index is -0.490. The van der Waals surface area contributed by atoms with Crippen LogP contribution in [0.25, 0.3) is 0 Å². The van der Waals surface area contributed by atoms with Crippen LogP contribution in [0.2, 0.25) is 5.02 Å². The van der Waals surface area contributed by atoms with Crippen LogP contribution in [-0.2, 0) is 11.3 Å². The first kappa shape index (κ1) is 14.5. The van der Waals surface area contributed by atoms with E-state index in [9.17, 15) is 9.59 Å². The number of aryl methyl sites for hydroxylation is 1. The largest absolute Gasteiger partial charge is 0.371 e. The molecule has 0 aliphatic carbocycles. The Labute approximate surface area is 110 Å². The lowest BCUT2D eigenvalue weighted by Crippen LogP contribution is -2.36. The third-order valence-electron chi connectivity index (χ3n) is 2.43. The Morgan fingerprint density at radius 1 is 1.61 bits per heavy atom. The zero-order chi connectivity index (χ0) is 13.7. The van der Waals surface area contributed by atoms with E-state index in [2.05, 4.69) is 15.7 Å². The summed E-state index contributed by atoms with van der Waals surface area (Å²) in [5, 5.41) is 9.40. The summed E-state index contributed by atoms with van der Waals surface area (Å²) < 4.78 is 1.30. The van der Waals surface area contributed by atoms with Crippen LogP contribution >= 0.6 is 11.6 Å². The van der Waals surface area contributed by atoms with Crippen LogP contribution in [0.4, 0.5) is 5.69 Å². The van der Waals surface area contributed by atoms with E-state index in [0.717, 1.165) is 6.42 Å². The molecule has 0 fully saturated rings. The van der Waals surface area contributed by atoms with Crippen molar-refractivity contribution in [3.63, 3.8) is 0 Å². The Bertz CT molecular complexity index is 486. The molecule has 1 rings (SSSR count). The fraction of sp³-hybridized carbons (Fsp3) is 0.545. The molecule has 1 amide bonds. The van der Waals surface area contributed by atoms with Crippen LogP contribution in [0.1, 0.15) is 20.3 Å². The average Bonchev–Trinajstić information content (AvgIpc) is 2.37. The van der Waals surface area contributed by atoms with Crippen molar-refractivity contribution < 1.29 is 4.79 Å². The van der Waals surface area contributed by atoms with E-state index in [1.807, 2.05) is 6.92 Å². The highest BCUT2D eigenvalue weighted by Crippen LogP contribution is 2.16. The van der Waals surface area contributed by atoms with Gasteiger partial charge in [-0.15, -0.1) is 0 Å². The van der Waals surface area contributed by atoms with Gasteiger partial charge in [0.1, 0.15) is 11.1 Å². The van der Waals surface area contributed by atoms with Gasteiger partial charge in [0.2, 0.25) is 5.91 Å². The van der Waals surface area contributed by atoms with Crippen molar-refractivity contribution in [1.29, 1.82) is 0 Å². The predicted octanol–water partition coefficient (Wildman–Crippen LogP) is 0.853. The zero-order valence-electron chi connectivity index (χ0n) is 10.7. The molecule has 0 radical (unpaired) electrons. The van der Waals surface area contributed by atoms with Crippen molar-refractivity contribution in [2.24, 2.45) is 0 Å². The van der Waals surface area contributed by atoms with Crippen LogP contribution in [0.5, 0.6) is 0 Å². The minimum Gasteiger partial charge on any atom is -0.371 e. The molecule has 0 saturated carbocycles. The molecule has 7 heteroatoms. The highest BCUT2D eigenvalue weighted by atomic mass is 35.5. The summed E-state index contributed by atoms with van der Waals surface area (Å²) in [5.41, 5.74) is 0.0118. The third kappa shape index (κ3) is 3.22. The molecule has 1 unspecified atom stereocenters. The van der Waals surface area contributed by atoms with Crippen molar-refractivity contribution >= 4 is 23.2 Å². The van der Waals surface area contributed by atoms with Crippen molar-refractivity contribution in [3.8, 4) is 0 Å². The number of anilines is 1. The number of carbonyl (C=O) groups excluding carboxylic acids is 1. The lowest BCUT2D eigenvalue weighted by molar-refractivity contribution is -0.121. The van der Waals surface area contributed by atoms with Crippen LogP contribution in [0, 0.1) is 0 Å². The Balaban J connectivity index is 2.95. The molecule has 100 valence electrons. The number of halogens is 1. The Kier molecular flexibility index (Phi) is 5.15. The lowest BCUT2D eigenvalue weighted by atomic mass is 10.3. The second kappa shape index (κ2) is 6.39. The summed E-state index contributed by atoms with van der Waals surface area (Å²) in [7, 11) is 1.54. The number of nitrogens with one attached hydrogen (secondary N) is 2. The summed E-state index contributed by atoms with van der Waals surface area (Å²) in [5.74, 6) is -0.191. The maximum Gasteiger partial charge on any atom is 0.287 e. The average molecular weight is 273 g/mol. The molecule has 0 saturated heterocycles. The number of hydrogen-bond acceptors (Lipinski definition) is 4. The molecule has 0 aliphatic rings. The number of amides is 1. The predicted molar refractivity (Wildman–Crippen MR) is 70.9 cm³/mol. The monoisotopic (exact) mass is 272 g/mol. The van der Waals surface area contributed by atoms with Crippen molar-refractivity contribution in [1.82, 2.24) is 15.1 Å². The van der Waals surface area contributed by atoms with Gasteiger partial charge in [0.15, 0.2) is 0 Å². The van der Waals surface area contributed by atoms with Gasteiger partial charge in [0.25, 0.3) is 5.56 Å². The van der Waals surface area contributed by atoms with Gasteiger partial charge in [-0.1, -0.05) is 18.5 Å². The fourth-order valence-electron chi connectivity index (χ4n) is 1.45. The van der Waals surface area contributed by atoms with Gasteiger partial charge in [0, 0.05) is 13.6 Å². The van der Waals surface area contributed by atoms with Gasteiger partial charge in [0.05, 0.1) is 11.9 Å². The van der Waals surface area contributed by atoms with Gasteiger partial charge in [-0.25, -0.2) is 4.68 Å². The van der Waals surface area contributed by atoms with E-state index in [1.165, 1.54) is 10.9 Å². The van der Waals surface area contributed by atoms with Crippen LogP contribution < -0.4 is 16.2 Å². The summed E-state index contributed by atoms with van der Waals surface area (Å²) in [6.45, 7) is 4.14. The number of nitrogens with zero attached hydrogens (tertiary/aromatic N) is 2. The third-order valence-corrected chi connectivity index (χ3v) is 2.80. The molecular weight excluding hydrogens is 256 g/mol. The van der Waals surface area contributed by atoms with Gasteiger partial charge in [-0.05, 0) is 13.3 Å². The number of rotatable bonds is 5. The standard InChI is InChI=1S/C11H17ClN4O2/c1-4-5-16-11(18)9(12)8(6-14-16)15-7(2)10(17)13-3/h6-7,15H,4-5H2,1-3H3,(H,13,17). The second-order valence-corrected chi connectivity index (χ2v) is 4.26. The molecule has 0 spiro atoms. The molecule has 1 aromatic rings. The highest BCUT2D eigenvalue weighted by molar-refractivity contribution is 6.33. The molecular formula is C11H17ClN4O2. The molecule has 1 heterocycles. The van der Waals surface area contributed by atoms with Crippen LogP contribution in [0.3, 0.4) is 0 Å². The molecule has 18 heavy (non-hydrogen) atoms. The SMILES string of the molecule is CCCn1ncc(NC(C)C(=O)NC)c(Cl)c1=O. The molecule has 2 N–H and O–H groups in total. The first-order valence-corrected chi connectivity index (χ1v) is 6.12. The lowest BCUT2D eigenvalue weighted by Gasteiger charge is -2.14. The Hall–Kier alpha value is -1.56. The Morgan fingerprint density at radius 3 is 2.83 bits per heavy atom. The summed E-state index contributed by atoms with van der Waals surface area (Å²) in [6.07, 6.45) is 2.25. The van der Waals surface area contributed by atoms with E-state index in [-0.39, 0.29) is 16.5 Å². The van der Waals surface area contributed by atoms with E-state index in [1.54, 1.807) is 14.0 Å². The van der Waals surface area contributed by atoms with Crippen molar-refractivity contribution in [3.05, 3.63) is 21.6 Å². The number of likely N-dealkylation sites (N-methyl/N-ethyl adjacent to an activating group) is 1. The molecule has 6 nitrogen and oxygen atoms in total. The van der Waals surface area contributed by atoms with E-state index in [0.29, 0.717) is 12.2 Å². The number of aromatic nitrogens is 2. The first-order valence-electron chi connectivity index (χ1n) is 5.75. The van der Waals surface area contributed by atoms with E-state index >= 15 is 0 Å². The minimum absolute atomic E-state index is 0.0502. The maximum atomic E-state index is 11.8. The summed E-state index contributed by atoms with van der Waals surface area (Å²) in [4.78, 5) is 23.2. The topological polar surface area (TPSA) is 76.0 Å². The smallest absolute Gasteiger partial charge is 0.287 e. The highest BCUT2D eigenvalue weighted by Gasteiger charge is 2.15. The molecule has 0 bridgehead atoms. The van der Waals surface area contributed by atoms with Gasteiger partial charge in [-0.2, -0.15) is 5.10 Å². The molecule has 1 atom stereocenters. The summed E-state index contributed by atoms with van der Waals surface area (Å²) >= 11 is 5.96. The maximum absolute atomic E-state index is 11.8. The molecule has 0 aliphatic heterocycles. The van der Waals surface area contributed by atoms with E-state index in [4.69, 9.17) is 11.6 Å². The normalized spacial score (nSPS) is 12.0. The van der Waals surface area contributed by atoms with E-state index < -0.39 is 6.04 Å². The second-order valence-electron chi connectivity index (χ2n) is 3.88. The van der Waals surface area contributed by atoms with Crippen molar-refractivity contribution in [2.45, 2.75) is 32.9 Å². The van der Waals surface area contributed by atoms with Crippen LogP contribution in [0.15, 0.2) is 11.0 Å². The zero-order valence-corrected chi connectivity index (χ0v) is 11.4. The fourth-order valence-corrected chi connectivity index (χ4v) is 1.65. The number of carbonyl (C=O) groups is 1. The first-order chi connectivity index (χ1) is 8.51. The molecule has 0 aromatic carbocycles. The van der Waals surface area contributed by atoms with Crippen LogP contribution in [-0.4, -0.2) is 28.8 Å².